The minimum atomic E-state index is -0.628. The van der Waals surface area contributed by atoms with E-state index in [2.05, 4.69) is 16.1 Å². The van der Waals surface area contributed by atoms with Gasteiger partial charge in [0.1, 0.15) is 11.5 Å². The van der Waals surface area contributed by atoms with Crippen LogP contribution in [-0.2, 0) is 16.1 Å². The molecule has 2 heterocycles. The second-order valence-corrected chi connectivity index (χ2v) is 7.37. The van der Waals surface area contributed by atoms with Gasteiger partial charge >= 0.3 is 12.0 Å². The molecule has 0 atom stereocenters. The molecule has 0 unspecified atom stereocenters. The molecule has 7 nitrogen and oxygen atoms in total. The molecule has 1 fully saturated rings. The predicted octanol–water partition coefficient (Wildman–Crippen LogP) is 4.47. The summed E-state index contributed by atoms with van der Waals surface area (Å²) in [7, 11) is 1.25. The van der Waals surface area contributed by atoms with Gasteiger partial charge in [-0.05, 0) is 51.4 Å². The van der Waals surface area contributed by atoms with Crippen molar-refractivity contribution in [1.29, 1.82) is 0 Å². The van der Waals surface area contributed by atoms with Crippen molar-refractivity contribution >= 4 is 45.5 Å². The summed E-state index contributed by atoms with van der Waals surface area (Å²) in [5.74, 6) is -0.793. The van der Waals surface area contributed by atoms with E-state index in [9.17, 15) is 14.4 Å². The summed E-state index contributed by atoms with van der Waals surface area (Å²) >= 11 is 0. The van der Waals surface area contributed by atoms with E-state index in [1.54, 1.807) is 6.08 Å². The standard InChI is InChI=1S/C25H18N2O5/c1-31-24(29)22-11-10-17(32-22)14-27-23(28)21(26-25(27)30)13-20-18-8-4-2-6-15(18)12-16-7-3-5-9-19(16)20/h2-13H,14H2,1H3,(H,26,30). The topological polar surface area (TPSA) is 88.9 Å². The lowest BCUT2D eigenvalue weighted by atomic mass is 9.96. The highest BCUT2D eigenvalue weighted by molar-refractivity contribution is 6.16. The molecule has 0 saturated carbocycles. The molecule has 0 radical (unpaired) electrons. The summed E-state index contributed by atoms with van der Waals surface area (Å²) in [6.45, 7) is -0.102. The van der Waals surface area contributed by atoms with E-state index in [0.717, 1.165) is 32.0 Å². The molecule has 1 N–H and O–H groups in total. The van der Waals surface area contributed by atoms with Gasteiger partial charge in [0, 0.05) is 0 Å². The lowest BCUT2D eigenvalue weighted by molar-refractivity contribution is -0.123. The maximum Gasteiger partial charge on any atom is 0.373 e. The zero-order valence-corrected chi connectivity index (χ0v) is 17.1. The second kappa shape index (κ2) is 7.70. The van der Waals surface area contributed by atoms with Crippen LogP contribution in [0.15, 0.2) is 76.8 Å². The smallest absolute Gasteiger partial charge is 0.373 e. The predicted molar refractivity (Wildman–Crippen MR) is 119 cm³/mol. The molecule has 1 aliphatic heterocycles. The number of methoxy groups -OCH3 is 1. The first-order valence-electron chi connectivity index (χ1n) is 9.97. The minimum Gasteiger partial charge on any atom is -0.463 e. The monoisotopic (exact) mass is 426 g/mol. The number of carbonyl (C=O) groups is 3. The largest absolute Gasteiger partial charge is 0.463 e. The number of esters is 1. The fourth-order valence-corrected chi connectivity index (χ4v) is 3.89. The molecule has 0 bridgehead atoms. The van der Waals surface area contributed by atoms with Crippen LogP contribution in [0.4, 0.5) is 4.79 Å². The van der Waals surface area contributed by atoms with E-state index < -0.39 is 17.9 Å². The highest BCUT2D eigenvalue weighted by atomic mass is 16.5. The van der Waals surface area contributed by atoms with Crippen molar-refractivity contribution in [2.24, 2.45) is 0 Å². The Kier molecular flexibility index (Phi) is 4.71. The van der Waals surface area contributed by atoms with Gasteiger partial charge in [0.2, 0.25) is 5.76 Å². The highest BCUT2D eigenvalue weighted by Crippen LogP contribution is 2.31. The molecule has 3 amide bonds. The molecule has 0 aliphatic carbocycles. The second-order valence-electron chi connectivity index (χ2n) is 7.37. The number of rotatable bonds is 4. The van der Waals surface area contributed by atoms with Gasteiger partial charge in [-0.2, -0.15) is 0 Å². The number of imide groups is 1. The Morgan fingerprint density at radius 1 is 1.00 bits per heavy atom. The van der Waals surface area contributed by atoms with Crippen LogP contribution in [0, 0.1) is 0 Å². The average molecular weight is 426 g/mol. The first kappa shape index (κ1) is 19.6. The fourth-order valence-electron chi connectivity index (χ4n) is 3.89. The highest BCUT2D eigenvalue weighted by Gasteiger charge is 2.34. The van der Waals surface area contributed by atoms with Crippen LogP contribution >= 0.6 is 0 Å². The van der Waals surface area contributed by atoms with Crippen LogP contribution in [0.3, 0.4) is 0 Å². The maximum absolute atomic E-state index is 13.0. The van der Waals surface area contributed by atoms with Crippen molar-refractivity contribution in [3.8, 4) is 0 Å². The van der Waals surface area contributed by atoms with E-state index in [0.29, 0.717) is 5.76 Å². The molecule has 5 rings (SSSR count). The van der Waals surface area contributed by atoms with Crippen molar-refractivity contribution in [3.63, 3.8) is 0 Å². The molecule has 1 aliphatic rings. The number of fused-ring (bicyclic) bond motifs is 2. The van der Waals surface area contributed by atoms with Crippen molar-refractivity contribution in [2.45, 2.75) is 6.54 Å². The zero-order chi connectivity index (χ0) is 22.2. The average Bonchev–Trinajstić information content (AvgIpc) is 3.39. The summed E-state index contributed by atoms with van der Waals surface area (Å²) < 4.78 is 10.0. The third-order valence-corrected chi connectivity index (χ3v) is 5.43. The summed E-state index contributed by atoms with van der Waals surface area (Å²) in [6, 6.07) is 20.3. The number of ether oxygens (including phenoxy) is 1. The van der Waals surface area contributed by atoms with E-state index in [-0.39, 0.29) is 18.0 Å². The molecule has 4 aromatic rings. The number of amides is 3. The quantitative estimate of drug-likeness (QED) is 0.225. The first-order valence-corrected chi connectivity index (χ1v) is 9.97. The van der Waals surface area contributed by atoms with E-state index in [1.807, 2.05) is 48.5 Å². The number of carbonyl (C=O) groups excluding carboxylic acids is 3. The molecule has 1 saturated heterocycles. The van der Waals surface area contributed by atoms with Crippen molar-refractivity contribution < 1.29 is 23.5 Å². The van der Waals surface area contributed by atoms with Crippen LogP contribution in [0.1, 0.15) is 21.9 Å². The summed E-state index contributed by atoms with van der Waals surface area (Å²) in [5.41, 5.74) is 1.03. The Morgan fingerprint density at radius 3 is 2.31 bits per heavy atom. The van der Waals surface area contributed by atoms with Crippen LogP contribution in [0.2, 0.25) is 0 Å². The van der Waals surface area contributed by atoms with Crippen LogP contribution in [-0.4, -0.2) is 29.9 Å². The molecular formula is C25H18N2O5. The fraction of sp³-hybridized carbons (Fsp3) is 0.0800. The van der Waals surface area contributed by atoms with Gasteiger partial charge in [-0.15, -0.1) is 0 Å². The first-order chi connectivity index (χ1) is 15.5. The van der Waals surface area contributed by atoms with Gasteiger partial charge in [0.05, 0.1) is 13.7 Å². The van der Waals surface area contributed by atoms with Crippen LogP contribution in [0.5, 0.6) is 0 Å². The van der Waals surface area contributed by atoms with Gasteiger partial charge in [0.15, 0.2) is 0 Å². The third kappa shape index (κ3) is 3.30. The Hall–Kier alpha value is -4.39. The molecule has 158 valence electrons. The number of hydrogen-bond acceptors (Lipinski definition) is 5. The number of nitrogens with one attached hydrogen (secondary N) is 1. The van der Waals surface area contributed by atoms with Crippen molar-refractivity contribution in [2.75, 3.05) is 7.11 Å². The van der Waals surface area contributed by atoms with E-state index >= 15 is 0 Å². The van der Waals surface area contributed by atoms with E-state index in [1.165, 1.54) is 19.2 Å². The minimum absolute atomic E-state index is 0.00699. The van der Waals surface area contributed by atoms with Crippen molar-refractivity contribution in [1.82, 2.24) is 10.2 Å². The van der Waals surface area contributed by atoms with Gasteiger partial charge in [-0.3, -0.25) is 9.69 Å². The lowest BCUT2D eigenvalue weighted by Gasteiger charge is -2.10. The van der Waals surface area contributed by atoms with Gasteiger partial charge in [-0.25, -0.2) is 9.59 Å². The molecule has 3 aromatic carbocycles. The number of urea groups is 1. The summed E-state index contributed by atoms with van der Waals surface area (Å²) in [6.07, 6.45) is 1.72. The molecular weight excluding hydrogens is 408 g/mol. The normalized spacial score (nSPS) is 15.0. The molecule has 0 spiro atoms. The Bertz CT molecular complexity index is 1380. The number of hydrogen-bond donors (Lipinski definition) is 1. The van der Waals surface area contributed by atoms with Crippen LogP contribution < -0.4 is 5.32 Å². The van der Waals surface area contributed by atoms with Crippen molar-refractivity contribution in [3.05, 3.63) is 89.5 Å². The van der Waals surface area contributed by atoms with E-state index in [4.69, 9.17) is 4.42 Å². The molecule has 32 heavy (non-hydrogen) atoms. The Morgan fingerprint density at radius 2 is 1.66 bits per heavy atom. The number of furan rings is 1. The molecule has 1 aromatic heterocycles. The summed E-state index contributed by atoms with van der Waals surface area (Å²) in [4.78, 5) is 38.2. The molecule has 7 heteroatoms. The van der Waals surface area contributed by atoms with Gasteiger partial charge in [0.25, 0.3) is 5.91 Å². The third-order valence-electron chi connectivity index (χ3n) is 5.43. The summed E-state index contributed by atoms with van der Waals surface area (Å²) in [5, 5.41) is 6.70. The Labute approximate surface area is 182 Å². The van der Waals surface area contributed by atoms with Crippen LogP contribution in [0.25, 0.3) is 27.6 Å². The van der Waals surface area contributed by atoms with Gasteiger partial charge < -0.3 is 14.5 Å². The zero-order valence-electron chi connectivity index (χ0n) is 17.1. The lowest BCUT2D eigenvalue weighted by Crippen LogP contribution is -2.30. The maximum atomic E-state index is 13.0. The van der Waals surface area contributed by atoms with Gasteiger partial charge in [-0.1, -0.05) is 48.5 Å². The SMILES string of the molecule is COC(=O)c1ccc(CN2C(=O)NC(=Cc3c4ccccc4cc4ccccc34)C2=O)o1. The Balaban J connectivity index is 1.52. The number of benzene rings is 3. The number of nitrogens with zero attached hydrogens (tertiary/aromatic N) is 1.